The van der Waals surface area contributed by atoms with Crippen LogP contribution in [0.4, 0.5) is 0 Å². The monoisotopic (exact) mass is 117 g/mol. The lowest BCUT2D eigenvalue weighted by atomic mass is 9.82. The van der Waals surface area contributed by atoms with E-state index in [1.54, 1.807) is 0 Å². The fourth-order valence-corrected chi connectivity index (χ4v) is 1.27. The van der Waals surface area contributed by atoms with Crippen LogP contribution in [-0.4, -0.2) is 11.8 Å². The van der Waals surface area contributed by atoms with Gasteiger partial charge in [0.25, 0.3) is 0 Å². The first-order chi connectivity index (χ1) is 3.34. The first kappa shape index (κ1) is 5.45. The quantitative estimate of drug-likeness (QED) is 0.485. The van der Waals surface area contributed by atoms with Gasteiger partial charge >= 0.3 is 0 Å². The summed E-state index contributed by atoms with van der Waals surface area (Å²) in [6.45, 7) is 0. The van der Waals surface area contributed by atoms with Gasteiger partial charge in [0.15, 0.2) is 0 Å². The van der Waals surface area contributed by atoms with Gasteiger partial charge in [-0.15, -0.1) is 0 Å². The van der Waals surface area contributed by atoms with Gasteiger partial charge in [0.05, 0.1) is 0 Å². The molecule has 2 atom stereocenters. The van der Waals surface area contributed by atoms with Crippen LogP contribution in [0.3, 0.4) is 0 Å². The van der Waals surface area contributed by atoms with Gasteiger partial charge < -0.3 is 5.73 Å². The number of hydrogen-bond donors (Lipinski definition) is 2. The third-order valence-electron chi connectivity index (χ3n) is 1.71. The first-order valence-electron chi connectivity index (χ1n) is 2.71. The van der Waals surface area contributed by atoms with Crippen molar-refractivity contribution in [2.45, 2.75) is 18.9 Å². The molecule has 1 aliphatic rings. The van der Waals surface area contributed by atoms with Crippen LogP contribution in [0.2, 0.25) is 0 Å². The van der Waals surface area contributed by atoms with Gasteiger partial charge in [0.1, 0.15) is 0 Å². The summed E-state index contributed by atoms with van der Waals surface area (Å²) >= 11 is 4.13. The zero-order chi connectivity index (χ0) is 5.28. The third-order valence-corrected chi connectivity index (χ3v) is 2.18. The molecule has 7 heavy (non-hydrogen) atoms. The van der Waals surface area contributed by atoms with Gasteiger partial charge in [-0.1, -0.05) is 0 Å². The second-order valence-corrected chi connectivity index (χ2v) is 2.55. The van der Waals surface area contributed by atoms with Crippen molar-refractivity contribution in [3.63, 3.8) is 0 Å². The summed E-state index contributed by atoms with van der Waals surface area (Å²) in [6.07, 6.45) is 2.51. The van der Waals surface area contributed by atoms with Crippen LogP contribution < -0.4 is 5.73 Å². The van der Waals surface area contributed by atoms with E-state index in [1.807, 2.05) is 0 Å². The highest BCUT2D eigenvalue weighted by molar-refractivity contribution is 7.80. The van der Waals surface area contributed by atoms with Crippen molar-refractivity contribution in [1.82, 2.24) is 0 Å². The largest absolute Gasteiger partial charge is 0.327 e. The van der Waals surface area contributed by atoms with Crippen LogP contribution in [0, 0.1) is 5.92 Å². The van der Waals surface area contributed by atoms with Gasteiger partial charge in [-0.05, 0) is 24.5 Å². The maximum Gasteiger partial charge on any atom is 0.00750 e. The van der Waals surface area contributed by atoms with E-state index >= 15 is 0 Å². The standard InChI is InChI=1S/C5H11NS/c6-5-2-1-4(5)3-7/h4-5,7H,1-3,6H2/t4-,5+/m0/s1. The summed E-state index contributed by atoms with van der Waals surface area (Å²) in [4.78, 5) is 0. The molecular formula is C5H11NS. The molecule has 2 N–H and O–H groups in total. The Morgan fingerprint density at radius 1 is 1.57 bits per heavy atom. The summed E-state index contributed by atoms with van der Waals surface area (Å²) in [5.74, 6) is 1.70. The molecule has 0 saturated heterocycles. The van der Waals surface area contributed by atoms with E-state index in [0.29, 0.717) is 6.04 Å². The average molecular weight is 117 g/mol. The Morgan fingerprint density at radius 3 is 2.29 bits per heavy atom. The molecule has 42 valence electrons. The predicted octanol–water partition coefficient (Wildman–Crippen LogP) is 0.653. The van der Waals surface area contributed by atoms with Crippen molar-refractivity contribution in [2.24, 2.45) is 11.7 Å². The third kappa shape index (κ3) is 0.916. The Labute approximate surface area is 49.7 Å². The molecule has 0 aromatic heterocycles. The fraction of sp³-hybridized carbons (Fsp3) is 1.00. The number of rotatable bonds is 1. The van der Waals surface area contributed by atoms with Gasteiger partial charge in [-0.2, -0.15) is 12.6 Å². The molecule has 0 unspecified atom stereocenters. The normalized spacial score (nSPS) is 40.3. The smallest absolute Gasteiger partial charge is 0.00750 e. The molecule has 0 aromatic carbocycles. The lowest BCUT2D eigenvalue weighted by Gasteiger charge is -2.31. The van der Waals surface area contributed by atoms with Crippen molar-refractivity contribution in [1.29, 1.82) is 0 Å². The minimum atomic E-state index is 0.470. The molecule has 1 fully saturated rings. The zero-order valence-electron chi connectivity index (χ0n) is 4.30. The summed E-state index contributed by atoms with van der Waals surface area (Å²) in [6, 6.07) is 0.470. The first-order valence-corrected chi connectivity index (χ1v) is 3.34. The number of thiol groups is 1. The van der Waals surface area contributed by atoms with Crippen molar-refractivity contribution in [3.05, 3.63) is 0 Å². The summed E-state index contributed by atoms with van der Waals surface area (Å²) in [5, 5.41) is 0. The predicted molar refractivity (Wildman–Crippen MR) is 34.6 cm³/mol. The van der Waals surface area contributed by atoms with E-state index in [9.17, 15) is 0 Å². The molecule has 0 aromatic rings. The Bertz CT molecular complexity index is 63.1. The van der Waals surface area contributed by atoms with Crippen LogP contribution in [0.15, 0.2) is 0 Å². The maximum absolute atomic E-state index is 5.58. The minimum Gasteiger partial charge on any atom is -0.327 e. The van der Waals surface area contributed by atoms with Crippen LogP contribution in [-0.2, 0) is 0 Å². The van der Waals surface area contributed by atoms with E-state index in [1.165, 1.54) is 12.8 Å². The molecule has 1 rings (SSSR count). The molecule has 1 saturated carbocycles. The molecular weight excluding hydrogens is 106 g/mol. The van der Waals surface area contributed by atoms with Crippen LogP contribution in [0.1, 0.15) is 12.8 Å². The van der Waals surface area contributed by atoms with Gasteiger partial charge in [0.2, 0.25) is 0 Å². The van der Waals surface area contributed by atoms with E-state index in [0.717, 1.165) is 11.7 Å². The second kappa shape index (κ2) is 2.05. The molecule has 0 bridgehead atoms. The van der Waals surface area contributed by atoms with E-state index in [2.05, 4.69) is 12.6 Å². The maximum atomic E-state index is 5.58. The number of nitrogens with two attached hydrogens (primary N) is 1. The van der Waals surface area contributed by atoms with Crippen molar-refractivity contribution >= 4 is 12.6 Å². The van der Waals surface area contributed by atoms with E-state index in [-0.39, 0.29) is 0 Å². The lowest BCUT2D eigenvalue weighted by Crippen LogP contribution is -2.40. The molecule has 0 heterocycles. The average Bonchev–Trinajstić information content (AvgIpc) is 1.65. The highest BCUT2D eigenvalue weighted by Crippen LogP contribution is 2.25. The van der Waals surface area contributed by atoms with Crippen molar-refractivity contribution in [3.8, 4) is 0 Å². The Morgan fingerprint density at radius 2 is 2.29 bits per heavy atom. The van der Waals surface area contributed by atoms with E-state index < -0.39 is 0 Å². The zero-order valence-corrected chi connectivity index (χ0v) is 5.20. The molecule has 1 nitrogen and oxygen atoms in total. The van der Waals surface area contributed by atoms with E-state index in [4.69, 9.17) is 5.73 Å². The van der Waals surface area contributed by atoms with Gasteiger partial charge in [-0.25, -0.2) is 0 Å². The Hall–Kier alpha value is 0.310. The molecule has 0 amide bonds. The minimum absolute atomic E-state index is 0.470. The van der Waals surface area contributed by atoms with Crippen molar-refractivity contribution in [2.75, 3.05) is 5.75 Å². The van der Waals surface area contributed by atoms with Gasteiger partial charge in [0, 0.05) is 6.04 Å². The van der Waals surface area contributed by atoms with Crippen LogP contribution in [0.5, 0.6) is 0 Å². The molecule has 0 radical (unpaired) electrons. The fourth-order valence-electron chi connectivity index (χ4n) is 0.821. The lowest BCUT2D eigenvalue weighted by molar-refractivity contribution is 0.288. The molecule has 1 aliphatic carbocycles. The second-order valence-electron chi connectivity index (χ2n) is 2.18. The van der Waals surface area contributed by atoms with Gasteiger partial charge in [-0.3, -0.25) is 0 Å². The summed E-state index contributed by atoms with van der Waals surface area (Å²) in [5.41, 5.74) is 5.58. The molecule has 2 heteroatoms. The summed E-state index contributed by atoms with van der Waals surface area (Å²) < 4.78 is 0. The Kier molecular flexibility index (Phi) is 1.60. The van der Waals surface area contributed by atoms with Crippen LogP contribution in [0.25, 0.3) is 0 Å². The van der Waals surface area contributed by atoms with Crippen molar-refractivity contribution < 1.29 is 0 Å². The molecule has 0 aliphatic heterocycles. The topological polar surface area (TPSA) is 26.0 Å². The SMILES string of the molecule is N[C@@H]1CC[C@H]1CS. The summed E-state index contributed by atoms with van der Waals surface area (Å²) in [7, 11) is 0. The number of hydrogen-bond acceptors (Lipinski definition) is 2. The Balaban J connectivity index is 2.16. The highest BCUT2D eigenvalue weighted by atomic mass is 32.1. The van der Waals surface area contributed by atoms with Crippen LogP contribution >= 0.6 is 12.6 Å². The molecule has 0 spiro atoms. The highest BCUT2D eigenvalue weighted by Gasteiger charge is 2.25.